The molecule has 0 unspecified atom stereocenters. The Hall–Kier alpha value is -4.65. The second kappa shape index (κ2) is 9.43. The standard InChI is InChI=1S/C27H25N5O5/c1-37-21-7-6-19-15-32(24(34)22(19)14-21)16-27(25(35)29-26(36)30-27)11-8-17-2-4-18(5-3-17)23(28)31-12-9-20(33)10-13-31/h2-7,14,28H,9-10,12-13,15-16H2,1H3,(H2,29,30,35,36)/t27-/m1/s1. The third-order valence-corrected chi connectivity index (χ3v) is 6.78. The van der Waals surface area contributed by atoms with Crippen molar-refractivity contribution in [1.29, 1.82) is 5.41 Å². The van der Waals surface area contributed by atoms with E-state index in [-0.39, 0.29) is 24.8 Å². The number of carbonyl (C=O) groups is 4. The summed E-state index contributed by atoms with van der Waals surface area (Å²) in [5, 5.41) is 13.3. The molecule has 188 valence electrons. The molecule has 3 heterocycles. The van der Waals surface area contributed by atoms with Gasteiger partial charge < -0.3 is 19.9 Å². The highest BCUT2D eigenvalue weighted by atomic mass is 16.5. The lowest BCUT2D eigenvalue weighted by Crippen LogP contribution is -2.54. The number of carbonyl (C=O) groups excluding carboxylic acids is 4. The minimum absolute atomic E-state index is 0.121. The van der Waals surface area contributed by atoms with Gasteiger partial charge in [-0.15, -0.1) is 0 Å². The highest BCUT2D eigenvalue weighted by molar-refractivity contribution is 6.10. The lowest BCUT2D eigenvalue weighted by molar-refractivity contribution is -0.122. The minimum Gasteiger partial charge on any atom is -0.497 e. The molecule has 37 heavy (non-hydrogen) atoms. The molecule has 0 aromatic heterocycles. The van der Waals surface area contributed by atoms with Crippen LogP contribution in [0.25, 0.3) is 0 Å². The van der Waals surface area contributed by atoms with Crippen molar-refractivity contribution in [1.82, 2.24) is 20.4 Å². The van der Waals surface area contributed by atoms with Crippen LogP contribution in [0.15, 0.2) is 42.5 Å². The summed E-state index contributed by atoms with van der Waals surface area (Å²) in [6.07, 6.45) is 0.889. The number of imide groups is 1. The van der Waals surface area contributed by atoms with Crippen LogP contribution in [-0.4, -0.2) is 71.5 Å². The van der Waals surface area contributed by atoms with Crippen LogP contribution >= 0.6 is 0 Å². The van der Waals surface area contributed by atoms with Crippen molar-refractivity contribution in [2.24, 2.45) is 0 Å². The third-order valence-electron chi connectivity index (χ3n) is 6.78. The number of amidine groups is 1. The minimum atomic E-state index is -1.61. The number of amides is 4. The molecular weight excluding hydrogens is 474 g/mol. The molecule has 0 radical (unpaired) electrons. The van der Waals surface area contributed by atoms with E-state index in [0.717, 1.165) is 5.56 Å². The largest absolute Gasteiger partial charge is 0.497 e. The Bertz CT molecular complexity index is 1380. The molecule has 1 atom stereocenters. The first-order valence-corrected chi connectivity index (χ1v) is 11.9. The number of piperidine rings is 1. The van der Waals surface area contributed by atoms with Crippen molar-refractivity contribution in [3.8, 4) is 17.6 Å². The molecule has 2 aromatic rings. The predicted octanol–water partition coefficient (Wildman–Crippen LogP) is 1.27. The van der Waals surface area contributed by atoms with E-state index in [1.807, 2.05) is 4.90 Å². The summed E-state index contributed by atoms with van der Waals surface area (Å²) < 4.78 is 5.21. The molecule has 0 spiro atoms. The smallest absolute Gasteiger partial charge is 0.323 e. The first-order chi connectivity index (χ1) is 17.8. The van der Waals surface area contributed by atoms with Crippen LogP contribution in [0.5, 0.6) is 5.75 Å². The number of likely N-dealkylation sites (tertiary alicyclic amines) is 1. The van der Waals surface area contributed by atoms with Gasteiger partial charge in [0.15, 0.2) is 0 Å². The molecule has 2 aromatic carbocycles. The molecule has 2 saturated heterocycles. The van der Waals surface area contributed by atoms with Crippen LogP contribution < -0.4 is 15.4 Å². The van der Waals surface area contributed by atoms with Gasteiger partial charge in [0.25, 0.3) is 11.8 Å². The highest BCUT2D eigenvalue weighted by Crippen LogP contribution is 2.28. The number of benzene rings is 2. The maximum absolute atomic E-state index is 13.0. The van der Waals surface area contributed by atoms with Gasteiger partial charge in [-0.05, 0) is 29.8 Å². The summed E-state index contributed by atoms with van der Waals surface area (Å²) >= 11 is 0. The lowest BCUT2D eigenvalue weighted by atomic mass is 9.98. The lowest BCUT2D eigenvalue weighted by Gasteiger charge is -2.28. The molecule has 0 aliphatic carbocycles. The van der Waals surface area contributed by atoms with E-state index >= 15 is 0 Å². The van der Waals surface area contributed by atoms with Crippen molar-refractivity contribution in [3.05, 3.63) is 64.7 Å². The van der Waals surface area contributed by atoms with Crippen molar-refractivity contribution in [2.45, 2.75) is 24.9 Å². The molecule has 3 N–H and O–H groups in total. The van der Waals surface area contributed by atoms with Gasteiger partial charge >= 0.3 is 6.03 Å². The van der Waals surface area contributed by atoms with Gasteiger partial charge in [0.1, 0.15) is 17.4 Å². The highest BCUT2D eigenvalue weighted by Gasteiger charge is 2.48. The first kappa shape index (κ1) is 24.1. The van der Waals surface area contributed by atoms with Gasteiger partial charge in [-0.1, -0.05) is 30.0 Å². The molecule has 0 saturated carbocycles. The number of urea groups is 1. The average Bonchev–Trinajstić information content (AvgIpc) is 3.36. The Morgan fingerprint density at radius 1 is 1.08 bits per heavy atom. The number of Topliss-reactive ketones (excluding diaryl/α,β-unsaturated/α-hetero) is 1. The molecule has 0 bridgehead atoms. The average molecular weight is 500 g/mol. The first-order valence-electron chi connectivity index (χ1n) is 11.9. The van der Waals surface area contributed by atoms with Crippen LogP contribution in [0.2, 0.25) is 0 Å². The van der Waals surface area contributed by atoms with E-state index in [1.165, 1.54) is 12.0 Å². The fourth-order valence-electron chi connectivity index (χ4n) is 4.66. The number of methoxy groups -OCH3 is 1. The van der Waals surface area contributed by atoms with Crippen molar-refractivity contribution < 1.29 is 23.9 Å². The maximum atomic E-state index is 13.0. The van der Waals surface area contributed by atoms with Gasteiger partial charge in [0.2, 0.25) is 5.54 Å². The molecule has 4 amide bonds. The molecule has 3 aliphatic heterocycles. The zero-order valence-corrected chi connectivity index (χ0v) is 20.2. The van der Waals surface area contributed by atoms with E-state index in [2.05, 4.69) is 22.5 Å². The molecule has 5 rings (SSSR count). The number of rotatable bonds is 4. The molecule has 3 aliphatic rings. The Kier molecular flexibility index (Phi) is 6.13. The van der Waals surface area contributed by atoms with Crippen LogP contribution in [0.3, 0.4) is 0 Å². The topological polar surface area (TPSA) is 132 Å². The number of ether oxygens (including phenoxy) is 1. The number of hydrogen-bond acceptors (Lipinski definition) is 6. The van der Waals surface area contributed by atoms with E-state index in [9.17, 15) is 19.2 Å². The SMILES string of the molecule is COc1ccc2c(c1)C(=O)N(C[C@@]1(C#Cc3ccc(C(=N)N4CCC(=O)CC4)cc3)NC(=O)NC1=O)C2. The second-order valence-electron chi connectivity index (χ2n) is 9.20. The monoisotopic (exact) mass is 499 g/mol. The predicted molar refractivity (Wildman–Crippen MR) is 133 cm³/mol. The second-order valence-corrected chi connectivity index (χ2v) is 9.20. The zero-order chi connectivity index (χ0) is 26.2. The maximum Gasteiger partial charge on any atom is 0.323 e. The molecule has 10 nitrogen and oxygen atoms in total. The Morgan fingerprint density at radius 2 is 1.81 bits per heavy atom. The summed E-state index contributed by atoms with van der Waals surface area (Å²) in [4.78, 5) is 52.7. The van der Waals surface area contributed by atoms with Gasteiger partial charge in [-0.3, -0.25) is 25.1 Å². The van der Waals surface area contributed by atoms with Crippen LogP contribution in [0, 0.1) is 17.3 Å². The zero-order valence-electron chi connectivity index (χ0n) is 20.2. The summed E-state index contributed by atoms with van der Waals surface area (Å²) in [5.74, 6) is 6.06. The van der Waals surface area contributed by atoms with Crippen molar-refractivity contribution in [3.63, 3.8) is 0 Å². The Labute approximate surface area is 213 Å². The summed E-state index contributed by atoms with van der Waals surface area (Å²) in [7, 11) is 1.52. The Morgan fingerprint density at radius 3 is 2.46 bits per heavy atom. The number of nitrogens with zero attached hydrogens (tertiary/aromatic N) is 2. The summed E-state index contributed by atoms with van der Waals surface area (Å²) in [6.45, 7) is 1.22. The summed E-state index contributed by atoms with van der Waals surface area (Å²) in [5.41, 5.74) is 0.958. The quantitative estimate of drug-likeness (QED) is 0.251. The third kappa shape index (κ3) is 4.63. The van der Waals surface area contributed by atoms with Gasteiger partial charge in [0.05, 0.1) is 13.7 Å². The van der Waals surface area contributed by atoms with Crippen LogP contribution in [-0.2, 0) is 16.1 Å². The normalized spacial score (nSPS) is 20.7. The fourth-order valence-corrected chi connectivity index (χ4v) is 4.66. The van der Waals surface area contributed by atoms with Crippen LogP contribution in [0.1, 0.15) is 39.9 Å². The summed E-state index contributed by atoms with van der Waals surface area (Å²) in [6, 6.07) is 11.5. The van der Waals surface area contributed by atoms with E-state index in [4.69, 9.17) is 10.1 Å². The fraction of sp³-hybridized carbons (Fsp3) is 0.296. The Balaban J connectivity index is 1.35. The number of nitrogens with one attached hydrogen (secondary N) is 3. The van der Waals surface area contributed by atoms with E-state index < -0.39 is 17.5 Å². The van der Waals surface area contributed by atoms with Crippen molar-refractivity contribution >= 4 is 29.5 Å². The van der Waals surface area contributed by atoms with Gasteiger partial charge in [0, 0.05) is 49.2 Å². The number of fused-ring (bicyclic) bond motifs is 1. The molecule has 2 fully saturated rings. The van der Waals surface area contributed by atoms with E-state index in [0.29, 0.717) is 54.2 Å². The molecule has 10 heteroatoms. The number of hydrogen-bond donors (Lipinski definition) is 3. The molecular formula is C27H25N5O5. The number of ketones is 1. The van der Waals surface area contributed by atoms with Gasteiger partial charge in [-0.25, -0.2) is 4.79 Å². The van der Waals surface area contributed by atoms with Gasteiger partial charge in [-0.2, -0.15) is 0 Å². The van der Waals surface area contributed by atoms with Crippen molar-refractivity contribution in [2.75, 3.05) is 26.7 Å². The van der Waals surface area contributed by atoms with Crippen LogP contribution in [0.4, 0.5) is 4.79 Å². The van der Waals surface area contributed by atoms with E-state index in [1.54, 1.807) is 42.5 Å².